The van der Waals surface area contributed by atoms with Crippen LogP contribution >= 0.6 is 0 Å². The van der Waals surface area contributed by atoms with Crippen LogP contribution in [0.1, 0.15) is 41.5 Å². The first-order valence-corrected chi connectivity index (χ1v) is 12.5. The molecule has 0 aliphatic carbocycles. The van der Waals surface area contributed by atoms with Crippen LogP contribution in [-0.2, 0) is 20.0 Å². The van der Waals surface area contributed by atoms with Crippen molar-refractivity contribution in [3.8, 4) is 11.5 Å². The summed E-state index contributed by atoms with van der Waals surface area (Å²) in [6.45, 7) is 10.6. The van der Waals surface area contributed by atoms with Gasteiger partial charge in [0.15, 0.2) is 0 Å². The van der Waals surface area contributed by atoms with Crippen molar-refractivity contribution in [2.24, 2.45) is 0 Å². The molecular formula is C20H28BN2O6S2. The zero-order chi connectivity index (χ0) is 23.5. The Hall–Kier alpha value is -2.08. The van der Waals surface area contributed by atoms with Gasteiger partial charge in [-0.15, -0.1) is 0 Å². The molecule has 2 aromatic carbocycles. The second-order valence-corrected chi connectivity index (χ2v) is 12.4. The molecule has 1 radical (unpaired) electrons. The summed E-state index contributed by atoms with van der Waals surface area (Å²) in [6.07, 6.45) is 0. The Balaban J connectivity index is 1.94. The van der Waals surface area contributed by atoms with Gasteiger partial charge in [-0.1, -0.05) is 0 Å². The molecular weight excluding hydrogens is 439 g/mol. The zero-order valence-electron chi connectivity index (χ0n) is 18.5. The predicted octanol–water partition coefficient (Wildman–Crippen LogP) is 2.83. The van der Waals surface area contributed by atoms with Gasteiger partial charge in [-0.3, -0.25) is 0 Å². The molecule has 0 aliphatic rings. The molecule has 2 aromatic rings. The molecule has 11 heteroatoms. The van der Waals surface area contributed by atoms with Crippen LogP contribution in [0.4, 0.5) is 0 Å². The summed E-state index contributed by atoms with van der Waals surface area (Å²) < 4.78 is 65.1. The van der Waals surface area contributed by atoms with Gasteiger partial charge >= 0.3 is 7.69 Å². The van der Waals surface area contributed by atoms with Gasteiger partial charge < -0.3 is 9.31 Å². The monoisotopic (exact) mass is 467 g/mol. The smallest absolute Gasteiger partial charge is 0.526 e. The van der Waals surface area contributed by atoms with Crippen LogP contribution in [0.2, 0.25) is 0 Å². The molecule has 0 spiro atoms. The van der Waals surface area contributed by atoms with Crippen molar-refractivity contribution in [2.75, 3.05) is 0 Å². The standard InChI is InChI=1S/C20H28BN2O6S2/c1-19(2,3)22-30(24,25)17-11-7-15(8-12-17)28-21-29-16-9-13-18(14-10-16)31(26,27)23-20(4,5)6/h7-14,22-23H,1-6H3. The van der Waals surface area contributed by atoms with Crippen LogP contribution < -0.4 is 18.8 Å². The van der Waals surface area contributed by atoms with E-state index in [4.69, 9.17) is 9.31 Å². The van der Waals surface area contributed by atoms with E-state index < -0.39 is 31.1 Å². The lowest BCUT2D eigenvalue weighted by Gasteiger charge is -2.20. The first-order chi connectivity index (χ1) is 14.1. The molecule has 8 nitrogen and oxygen atoms in total. The molecule has 0 atom stereocenters. The van der Waals surface area contributed by atoms with Gasteiger partial charge in [0.2, 0.25) is 20.0 Å². The summed E-state index contributed by atoms with van der Waals surface area (Å²) in [5, 5.41) is 0. The highest BCUT2D eigenvalue weighted by Gasteiger charge is 2.23. The minimum Gasteiger partial charge on any atom is -0.526 e. The summed E-state index contributed by atoms with van der Waals surface area (Å²) >= 11 is 0. The Morgan fingerprint density at radius 3 is 1.16 bits per heavy atom. The molecule has 0 saturated heterocycles. The molecule has 0 heterocycles. The van der Waals surface area contributed by atoms with E-state index >= 15 is 0 Å². The first-order valence-electron chi connectivity index (χ1n) is 9.51. The molecule has 169 valence electrons. The summed E-state index contributed by atoms with van der Waals surface area (Å²) in [5.74, 6) is 0.756. The third-order valence-electron chi connectivity index (χ3n) is 3.52. The van der Waals surface area contributed by atoms with Crippen molar-refractivity contribution in [3.63, 3.8) is 0 Å². The van der Waals surface area contributed by atoms with Crippen molar-refractivity contribution < 1.29 is 26.1 Å². The van der Waals surface area contributed by atoms with E-state index in [0.717, 1.165) is 7.69 Å². The molecule has 0 fully saturated rings. The van der Waals surface area contributed by atoms with E-state index in [9.17, 15) is 16.8 Å². The van der Waals surface area contributed by atoms with Crippen LogP contribution in [0.5, 0.6) is 11.5 Å². The minimum absolute atomic E-state index is 0.122. The second kappa shape index (κ2) is 9.19. The topological polar surface area (TPSA) is 111 Å². The lowest BCUT2D eigenvalue weighted by atomic mass is 10.1. The van der Waals surface area contributed by atoms with Gasteiger partial charge in [-0.2, -0.15) is 0 Å². The van der Waals surface area contributed by atoms with Crippen LogP contribution in [0.25, 0.3) is 0 Å². The van der Waals surface area contributed by atoms with E-state index in [-0.39, 0.29) is 9.79 Å². The van der Waals surface area contributed by atoms with Gasteiger partial charge in [0.25, 0.3) is 0 Å². The lowest BCUT2D eigenvalue weighted by Crippen LogP contribution is -2.40. The molecule has 31 heavy (non-hydrogen) atoms. The summed E-state index contributed by atoms with van der Waals surface area (Å²) in [7, 11) is -6.18. The van der Waals surface area contributed by atoms with Crippen LogP contribution in [0.15, 0.2) is 58.3 Å². The Morgan fingerprint density at radius 2 is 0.903 bits per heavy atom. The van der Waals surface area contributed by atoms with Crippen LogP contribution in [-0.4, -0.2) is 35.6 Å². The largest absolute Gasteiger partial charge is 0.658 e. The van der Waals surface area contributed by atoms with Crippen molar-refractivity contribution in [1.29, 1.82) is 0 Å². The highest BCUT2D eigenvalue weighted by Crippen LogP contribution is 2.19. The fourth-order valence-corrected chi connectivity index (χ4v) is 5.29. The maximum Gasteiger partial charge on any atom is 0.658 e. The van der Waals surface area contributed by atoms with Gasteiger partial charge in [0.1, 0.15) is 11.5 Å². The molecule has 0 amide bonds. The summed E-state index contributed by atoms with van der Waals surface area (Å²) in [5.41, 5.74) is -1.18. The van der Waals surface area contributed by atoms with Crippen LogP contribution in [0.3, 0.4) is 0 Å². The molecule has 2 rings (SSSR count). The second-order valence-electron chi connectivity index (χ2n) is 8.99. The molecule has 0 bridgehead atoms. The molecule has 0 unspecified atom stereocenters. The van der Waals surface area contributed by atoms with Crippen molar-refractivity contribution in [2.45, 2.75) is 62.4 Å². The predicted molar refractivity (Wildman–Crippen MR) is 120 cm³/mol. The first kappa shape index (κ1) is 25.2. The zero-order valence-corrected chi connectivity index (χ0v) is 20.1. The van der Waals surface area contributed by atoms with E-state index in [2.05, 4.69) is 9.44 Å². The molecule has 0 aromatic heterocycles. The molecule has 0 aliphatic heterocycles. The molecule has 0 saturated carbocycles. The van der Waals surface area contributed by atoms with E-state index in [1.54, 1.807) is 41.5 Å². The van der Waals surface area contributed by atoms with E-state index in [1.807, 2.05) is 0 Å². The fraction of sp³-hybridized carbons (Fsp3) is 0.400. The number of benzene rings is 2. The van der Waals surface area contributed by atoms with Gasteiger partial charge in [-0.05, 0) is 90.1 Å². The Morgan fingerprint density at radius 1 is 0.613 bits per heavy atom. The number of hydrogen-bond donors (Lipinski definition) is 2. The van der Waals surface area contributed by atoms with Crippen LogP contribution in [0, 0.1) is 0 Å². The normalized spacial score (nSPS) is 13.0. The number of nitrogens with one attached hydrogen (secondary N) is 2. The minimum atomic E-state index is -3.63. The Labute approximate surface area is 185 Å². The average Bonchev–Trinajstić information content (AvgIpc) is 2.58. The lowest BCUT2D eigenvalue weighted by molar-refractivity contribution is 0.458. The third kappa shape index (κ3) is 8.17. The van der Waals surface area contributed by atoms with Crippen molar-refractivity contribution in [3.05, 3.63) is 48.5 Å². The Kier molecular flexibility index (Phi) is 7.47. The Bertz CT molecular complexity index is 997. The summed E-state index contributed by atoms with van der Waals surface area (Å²) in [4.78, 5) is 0.243. The SMILES string of the molecule is CC(C)(C)NS(=O)(=O)c1ccc(O[B]Oc2ccc(S(=O)(=O)NC(C)(C)C)cc2)cc1. The summed E-state index contributed by atoms with van der Waals surface area (Å²) in [6, 6.07) is 11.7. The third-order valence-corrected chi connectivity index (χ3v) is 7.07. The van der Waals surface area contributed by atoms with Gasteiger partial charge in [0.05, 0.1) is 9.79 Å². The number of sulfonamides is 2. The average molecular weight is 467 g/mol. The molecule has 2 N–H and O–H groups in total. The quantitative estimate of drug-likeness (QED) is 0.578. The maximum absolute atomic E-state index is 12.3. The van der Waals surface area contributed by atoms with E-state index in [0.29, 0.717) is 11.5 Å². The fourth-order valence-electron chi connectivity index (χ4n) is 2.45. The van der Waals surface area contributed by atoms with Crippen molar-refractivity contribution in [1.82, 2.24) is 9.44 Å². The van der Waals surface area contributed by atoms with E-state index in [1.165, 1.54) is 48.5 Å². The van der Waals surface area contributed by atoms with Gasteiger partial charge in [-0.25, -0.2) is 26.3 Å². The number of rotatable bonds is 8. The highest BCUT2D eigenvalue weighted by atomic mass is 32.2. The number of hydrogen-bond acceptors (Lipinski definition) is 6. The van der Waals surface area contributed by atoms with Gasteiger partial charge in [0, 0.05) is 11.1 Å². The highest BCUT2D eigenvalue weighted by molar-refractivity contribution is 7.89. The van der Waals surface area contributed by atoms with Crippen molar-refractivity contribution >= 4 is 27.7 Å². The maximum atomic E-state index is 12.3.